The highest BCUT2D eigenvalue weighted by atomic mass is 35.5. The number of carboxylic acid groups (broad SMARTS) is 1. The van der Waals surface area contributed by atoms with Crippen molar-refractivity contribution >= 4 is 23.3 Å². The van der Waals surface area contributed by atoms with Gasteiger partial charge in [-0.25, -0.2) is 4.79 Å². The van der Waals surface area contributed by atoms with Crippen molar-refractivity contribution in [2.45, 2.75) is 6.61 Å². The monoisotopic (exact) mass is 323 g/mol. The minimum Gasteiger partial charge on any atom is -0.501 e. The van der Waals surface area contributed by atoms with E-state index in [1.807, 2.05) is 0 Å². The molecule has 0 aliphatic heterocycles. The van der Waals surface area contributed by atoms with Gasteiger partial charge in [0.2, 0.25) is 5.75 Å². The molecule has 2 rings (SSSR count). The third kappa shape index (κ3) is 3.44. The van der Waals surface area contributed by atoms with Gasteiger partial charge in [0, 0.05) is 5.02 Å². The van der Waals surface area contributed by atoms with Crippen LogP contribution >= 0.6 is 11.6 Å². The molecule has 0 aliphatic carbocycles. The number of nitrogens with zero attached hydrogens (tertiary/aromatic N) is 1. The van der Waals surface area contributed by atoms with E-state index in [4.69, 9.17) is 21.4 Å². The smallest absolute Gasteiger partial charge is 0.339 e. The molecule has 7 nitrogen and oxygen atoms in total. The summed E-state index contributed by atoms with van der Waals surface area (Å²) < 4.78 is 5.35. The molecule has 0 unspecified atom stereocenters. The lowest BCUT2D eigenvalue weighted by Crippen LogP contribution is -2.02. The summed E-state index contributed by atoms with van der Waals surface area (Å²) in [7, 11) is 0. The molecule has 0 bridgehead atoms. The fourth-order valence-electron chi connectivity index (χ4n) is 1.73. The average molecular weight is 324 g/mol. The van der Waals surface area contributed by atoms with E-state index in [-0.39, 0.29) is 12.4 Å². The Kier molecular flexibility index (Phi) is 4.47. The Balaban J connectivity index is 2.28. The van der Waals surface area contributed by atoms with Crippen molar-refractivity contribution in [3.8, 4) is 11.5 Å². The van der Waals surface area contributed by atoms with Crippen LogP contribution in [0.25, 0.3) is 0 Å². The fraction of sp³-hybridized carbons (Fsp3) is 0.0714. The minimum absolute atomic E-state index is 0.0307. The molecule has 2 aromatic rings. The number of hydrogen-bond donors (Lipinski definition) is 2. The van der Waals surface area contributed by atoms with Gasteiger partial charge in [-0.3, -0.25) is 10.1 Å². The number of benzene rings is 2. The molecule has 0 atom stereocenters. The molecule has 0 radical (unpaired) electrons. The zero-order valence-electron chi connectivity index (χ0n) is 11.0. The van der Waals surface area contributed by atoms with E-state index in [9.17, 15) is 20.0 Å². The molecule has 0 aromatic heterocycles. The van der Waals surface area contributed by atoms with Crippen LogP contribution in [0.2, 0.25) is 5.02 Å². The molecule has 2 N–H and O–H groups in total. The summed E-state index contributed by atoms with van der Waals surface area (Å²) in [5.74, 6) is -2.43. The van der Waals surface area contributed by atoms with Gasteiger partial charge in [-0.2, -0.15) is 0 Å². The Labute approximate surface area is 129 Å². The zero-order valence-corrected chi connectivity index (χ0v) is 11.8. The summed E-state index contributed by atoms with van der Waals surface area (Å²) in [6, 6.07) is 8.72. The first-order valence-electron chi connectivity index (χ1n) is 6.00. The molecule has 0 aliphatic rings. The topological polar surface area (TPSA) is 110 Å². The lowest BCUT2D eigenvalue weighted by atomic mass is 10.1. The van der Waals surface area contributed by atoms with E-state index in [0.717, 1.165) is 17.7 Å². The Morgan fingerprint density at radius 3 is 2.45 bits per heavy atom. The van der Waals surface area contributed by atoms with Crippen molar-refractivity contribution in [1.82, 2.24) is 0 Å². The molecule has 0 heterocycles. The van der Waals surface area contributed by atoms with E-state index >= 15 is 0 Å². The summed E-state index contributed by atoms with van der Waals surface area (Å²) in [6.45, 7) is 0.0676. The second-order valence-corrected chi connectivity index (χ2v) is 4.75. The van der Waals surface area contributed by atoms with Crippen LogP contribution in [0.3, 0.4) is 0 Å². The summed E-state index contributed by atoms with van der Waals surface area (Å²) in [5.41, 5.74) is -0.580. The maximum atomic E-state index is 11.0. The standard InChI is InChI=1S/C14H10ClNO6/c15-9-3-1-8(2-4-9)7-22-10-5-11(14(18)19)13(17)12(6-10)16(20)21/h1-6,17H,7H2,(H,18,19). The van der Waals surface area contributed by atoms with Crippen LogP contribution in [-0.4, -0.2) is 21.1 Å². The molecule has 0 saturated heterocycles. The predicted octanol–water partition coefficient (Wildman–Crippen LogP) is 3.23. The van der Waals surface area contributed by atoms with Crippen LogP contribution in [-0.2, 0) is 6.61 Å². The van der Waals surface area contributed by atoms with Crippen LogP contribution in [0, 0.1) is 10.1 Å². The van der Waals surface area contributed by atoms with Gasteiger partial charge in [-0.1, -0.05) is 23.7 Å². The SMILES string of the molecule is O=C(O)c1cc(OCc2ccc(Cl)cc2)cc([N+](=O)[O-])c1O. The summed E-state index contributed by atoms with van der Waals surface area (Å²) in [4.78, 5) is 21.0. The van der Waals surface area contributed by atoms with E-state index < -0.39 is 27.9 Å². The van der Waals surface area contributed by atoms with Gasteiger partial charge in [-0.05, 0) is 23.8 Å². The maximum Gasteiger partial charge on any atom is 0.339 e. The maximum absolute atomic E-state index is 11.0. The third-order valence-electron chi connectivity index (χ3n) is 2.81. The normalized spacial score (nSPS) is 10.2. The lowest BCUT2D eigenvalue weighted by molar-refractivity contribution is -0.386. The van der Waals surface area contributed by atoms with Gasteiger partial charge in [0.05, 0.1) is 11.0 Å². The van der Waals surface area contributed by atoms with Crippen molar-refractivity contribution in [2.24, 2.45) is 0 Å². The van der Waals surface area contributed by atoms with Crippen LogP contribution in [0.4, 0.5) is 5.69 Å². The van der Waals surface area contributed by atoms with E-state index in [2.05, 4.69) is 0 Å². The predicted molar refractivity (Wildman–Crippen MR) is 77.5 cm³/mol. The molecule has 2 aromatic carbocycles. The molecular formula is C14H10ClNO6. The van der Waals surface area contributed by atoms with Gasteiger partial charge >= 0.3 is 11.7 Å². The summed E-state index contributed by atoms with van der Waals surface area (Å²) in [6.07, 6.45) is 0. The number of rotatable bonds is 5. The Bertz CT molecular complexity index is 694. The van der Waals surface area contributed by atoms with Crippen molar-refractivity contribution in [3.63, 3.8) is 0 Å². The fourth-order valence-corrected chi connectivity index (χ4v) is 1.85. The Morgan fingerprint density at radius 1 is 1.27 bits per heavy atom. The summed E-state index contributed by atoms with van der Waals surface area (Å²) >= 11 is 5.75. The number of ether oxygens (including phenoxy) is 1. The zero-order chi connectivity index (χ0) is 16.3. The van der Waals surface area contributed by atoms with E-state index in [1.165, 1.54) is 0 Å². The van der Waals surface area contributed by atoms with Crippen molar-refractivity contribution < 1.29 is 24.7 Å². The number of aromatic hydroxyl groups is 1. The van der Waals surface area contributed by atoms with Gasteiger partial charge in [0.1, 0.15) is 17.9 Å². The molecule has 0 saturated carbocycles. The number of nitro benzene ring substituents is 1. The number of halogens is 1. The van der Waals surface area contributed by atoms with Crippen LogP contribution in [0.15, 0.2) is 36.4 Å². The molecule has 114 valence electrons. The number of phenols is 1. The third-order valence-corrected chi connectivity index (χ3v) is 3.06. The van der Waals surface area contributed by atoms with Crippen LogP contribution in [0.1, 0.15) is 15.9 Å². The number of nitro groups is 1. The lowest BCUT2D eigenvalue weighted by Gasteiger charge is -2.08. The molecule has 8 heteroatoms. The first-order valence-corrected chi connectivity index (χ1v) is 6.38. The molecular weight excluding hydrogens is 314 g/mol. The van der Waals surface area contributed by atoms with Gasteiger partial charge in [0.15, 0.2) is 0 Å². The Hall–Kier alpha value is -2.80. The quantitative estimate of drug-likeness (QED) is 0.645. The van der Waals surface area contributed by atoms with Gasteiger partial charge in [0.25, 0.3) is 0 Å². The van der Waals surface area contributed by atoms with Crippen molar-refractivity contribution in [1.29, 1.82) is 0 Å². The largest absolute Gasteiger partial charge is 0.501 e. The second-order valence-electron chi connectivity index (χ2n) is 4.32. The average Bonchev–Trinajstić information content (AvgIpc) is 2.47. The number of carbonyl (C=O) groups is 1. The first kappa shape index (κ1) is 15.6. The van der Waals surface area contributed by atoms with Gasteiger partial charge in [-0.15, -0.1) is 0 Å². The van der Waals surface area contributed by atoms with E-state index in [1.54, 1.807) is 24.3 Å². The minimum atomic E-state index is -1.49. The summed E-state index contributed by atoms with van der Waals surface area (Å²) in [5, 5.41) is 29.9. The van der Waals surface area contributed by atoms with Crippen molar-refractivity contribution in [2.75, 3.05) is 0 Å². The van der Waals surface area contributed by atoms with Crippen LogP contribution < -0.4 is 4.74 Å². The second kappa shape index (κ2) is 6.31. The van der Waals surface area contributed by atoms with Gasteiger partial charge < -0.3 is 14.9 Å². The first-order chi connectivity index (χ1) is 10.4. The van der Waals surface area contributed by atoms with Crippen molar-refractivity contribution in [3.05, 3.63) is 62.7 Å². The number of carboxylic acids is 1. The van der Waals surface area contributed by atoms with Crippen LogP contribution in [0.5, 0.6) is 11.5 Å². The molecule has 0 amide bonds. The molecule has 22 heavy (non-hydrogen) atoms. The molecule has 0 fully saturated rings. The van der Waals surface area contributed by atoms with E-state index in [0.29, 0.717) is 5.02 Å². The highest BCUT2D eigenvalue weighted by Crippen LogP contribution is 2.34. The number of hydrogen-bond acceptors (Lipinski definition) is 5. The highest BCUT2D eigenvalue weighted by molar-refractivity contribution is 6.30. The Morgan fingerprint density at radius 2 is 1.91 bits per heavy atom. The molecule has 0 spiro atoms. The number of aromatic carboxylic acids is 1. The highest BCUT2D eigenvalue weighted by Gasteiger charge is 2.23.